The standard InChI is InChI=1S/C40H35Cl2N3O8S/c1-51-22-9-6-20(7-10-22)40-28(37(48)45(39(40)50)43-30-13-8-21(41)15-29(30)42)18-27-25(35(40)34-31(46)16-23(52-2)17-32(34)53-3)11-12-26-33(27)38(49)44(36(26)47)19-24-5-4-14-54-24/h4-11,13-17,26-28,33,35,43,46H,12,18-19H2,1-3H3. The van der Waals surface area contributed by atoms with E-state index in [2.05, 4.69) is 5.43 Å². The first-order valence-electron chi connectivity index (χ1n) is 17.3. The van der Waals surface area contributed by atoms with Crippen molar-refractivity contribution in [1.29, 1.82) is 0 Å². The van der Waals surface area contributed by atoms with Crippen LogP contribution in [0.25, 0.3) is 0 Å². The van der Waals surface area contributed by atoms with Gasteiger partial charge in [-0.2, -0.15) is 5.01 Å². The molecule has 1 saturated carbocycles. The van der Waals surface area contributed by atoms with Crippen molar-refractivity contribution in [3.05, 3.63) is 110 Å². The molecule has 3 heterocycles. The van der Waals surface area contributed by atoms with Crippen LogP contribution in [0.15, 0.2) is 83.8 Å². The second-order valence-corrected chi connectivity index (χ2v) is 15.7. The van der Waals surface area contributed by atoms with Gasteiger partial charge in [0.05, 0.1) is 61.8 Å². The third kappa shape index (κ3) is 5.37. The molecule has 14 heteroatoms. The largest absolute Gasteiger partial charge is 0.507 e. The van der Waals surface area contributed by atoms with Gasteiger partial charge in [-0.05, 0) is 66.1 Å². The fourth-order valence-corrected chi connectivity index (χ4v) is 10.2. The Bertz CT molecular complexity index is 2230. The minimum atomic E-state index is -1.69. The Hall–Kier alpha value is -5.04. The molecule has 2 N–H and O–H groups in total. The lowest BCUT2D eigenvalue weighted by molar-refractivity contribution is -0.141. The summed E-state index contributed by atoms with van der Waals surface area (Å²) in [5.41, 5.74) is 2.94. The van der Waals surface area contributed by atoms with Crippen molar-refractivity contribution < 1.29 is 38.5 Å². The van der Waals surface area contributed by atoms with Crippen molar-refractivity contribution >= 4 is 63.9 Å². The van der Waals surface area contributed by atoms with E-state index in [0.29, 0.717) is 27.7 Å². The van der Waals surface area contributed by atoms with Gasteiger partial charge in [-0.25, -0.2) is 0 Å². The number of methoxy groups -OCH3 is 3. The third-order valence-corrected chi connectivity index (χ3v) is 12.8. The number of thiophene rings is 1. The molecular formula is C40H35Cl2N3O8S. The maximum absolute atomic E-state index is 15.5. The van der Waals surface area contributed by atoms with Crippen LogP contribution in [0.4, 0.5) is 5.69 Å². The maximum Gasteiger partial charge on any atom is 0.260 e. The van der Waals surface area contributed by atoms with E-state index in [4.69, 9.17) is 37.4 Å². The number of benzene rings is 3. The topological polar surface area (TPSA) is 135 Å². The number of nitrogens with zero attached hydrogens (tertiary/aromatic N) is 2. The van der Waals surface area contributed by atoms with E-state index in [1.807, 2.05) is 23.6 Å². The normalized spacial score (nSPS) is 25.9. The molecule has 3 fully saturated rings. The van der Waals surface area contributed by atoms with E-state index >= 15 is 4.79 Å². The Morgan fingerprint density at radius 2 is 1.65 bits per heavy atom. The lowest BCUT2D eigenvalue weighted by Crippen LogP contribution is -2.53. The highest BCUT2D eigenvalue weighted by Crippen LogP contribution is 2.66. The second kappa shape index (κ2) is 13.7. The number of anilines is 1. The molecule has 4 aliphatic rings. The van der Waals surface area contributed by atoms with Crippen LogP contribution in [-0.4, -0.2) is 60.0 Å². The number of carbonyl (C=O) groups excluding carboxylic acids is 4. The van der Waals surface area contributed by atoms with Crippen LogP contribution in [0, 0.1) is 23.7 Å². The quantitative estimate of drug-likeness (QED) is 0.136. The van der Waals surface area contributed by atoms with Crippen molar-refractivity contribution in [1.82, 2.24) is 9.91 Å². The number of nitrogens with one attached hydrogen (secondary N) is 1. The van der Waals surface area contributed by atoms with Crippen molar-refractivity contribution in [3.8, 4) is 23.0 Å². The monoisotopic (exact) mass is 787 g/mol. The predicted molar refractivity (Wildman–Crippen MR) is 202 cm³/mol. The fraction of sp³-hybridized carbons (Fsp3) is 0.300. The molecule has 3 aromatic carbocycles. The molecule has 0 spiro atoms. The highest BCUT2D eigenvalue weighted by atomic mass is 35.5. The molecule has 0 bridgehead atoms. The zero-order valence-corrected chi connectivity index (χ0v) is 31.7. The molecule has 2 aliphatic heterocycles. The summed E-state index contributed by atoms with van der Waals surface area (Å²) in [5, 5.41) is 15.4. The Morgan fingerprint density at radius 3 is 2.31 bits per heavy atom. The number of rotatable bonds is 9. The number of carbonyl (C=O) groups is 4. The van der Waals surface area contributed by atoms with E-state index in [-0.39, 0.29) is 59.0 Å². The first-order chi connectivity index (χ1) is 26.0. The number of fused-ring (bicyclic) bond motifs is 4. The molecular weight excluding hydrogens is 753 g/mol. The first kappa shape index (κ1) is 36.0. The molecule has 8 rings (SSSR count). The average molecular weight is 789 g/mol. The van der Waals surface area contributed by atoms with Gasteiger partial charge < -0.3 is 19.3 Å². The van der Waals surface area contributed by atoms with Gasteiger partial charge >= 0.3 is 0 Å². The Labute approximate surface area is 325 Å². The van der Waals surface area contributed by atoms with Crippen LogP contribution in [0.2, 0.25) is 10.0 Å². The molecule has 6 atom stereocenters. The number of phenolic OH excluding ortho intramolecular Hbond substituents is 1. The number of halogens is 2. The Morgan fingerprint density at radius 1 is 0.889 bits per heavy atom. The number of hydrazine groups is 1. The first-order valence-corrected chi connectivity index (χ1v) is 18.9. The van der Waals surface area contributed by atoms with Crippen molar-refractivity contribution in [2.24, 2.45) is 23.7 Å². The molecule has 6 unspecified atom stereocenters. The van der Waals surface area contributed by atoms with Crippen LogP contribution in [-0.2, 0) is 31.1 Å². The molecule has 4 amide bonds. The highest BCUT2D eigenvalue weighted by Gasteiger charge is 2.71. The van der Waals surface area contributed by atoms with Crippen molar-refractivity contribution in [2.45, 2.75) is 30.7 Å². The smallest absolute Gasteiger partial charge is 0.260 e. The summed E-state index contributed by atoms with van der Waals surface area (Å²) in [6, 6.07) is 18.4. The SMILES string of the molecule is COc1ccc(C23C(=O)N(Nc4ccc(Cl)cc4Cl)C(=O)C2CC2C(=CCC4C(=O)N(Cc5cccs5)C(=O)C42)C3c2c(O)cc(OC)cc2OC)cc1. The zero-order valence-electron chi connectivity index (χ0n) is 29.4. The van der Waals surface area contributed by atoms with Gasteiger partial charge in [0.2, 0.25) is 11.8 Å². The number of allylic oxidation sites excluding steroid dienone is 2. The predicted octanol–water partition coefficient (Wildman–Crippen LogP) is 6.97. The van der Waals surface area contributed by atoms with E-state index < -0.39 is 46.8 Å². The third-order valence-electron chi connectivity index (χ3n) is 11.4. The number of aromatic hydroxyl groups is 1. The van der Waals surface area contributed by atoms with E-state index in [9.17, 15) is 19.5 Å². The number of likely N-dealkylation sites (tertiary alicyclic amines) is 1. The van der Waals surface area contributed by atoms with Gasteiger partial charge in [0.15, 0.2) is 0 Å². The number of hydrogen-bond acceptors (Lipinski definition) is 10. The summed E-state index contributed by atoms with van der Waals surface area (Å²) in [4.78, 5) is 61.1. The summed E-state index contributed by atoms with van der Waals surface area (Å²) in [7, 11) is 4.43. The fourth-order valence-electron chi connectivity index (χ4n) is 9.10. The lowest BCUT2D eigenvalue weighted by Gasteiger charge is -2.50. The van der Waals surface area contributed by atoms with Crippen LogP contribution >= 0.6 is 34.5 Å². The number of imide groups is 2. The number of hydrogen-bond donors (Lipinski definition) is 2. The van der Waals surface area contributed by atoms with E-state index in [1.165, 1.54) is 49.7 Å². The van der Waals surface area contributed by atoms with E-state index in [1.54, 1.807) is 42.5 Å². The minimum Gasteiger partial charge on any atom is -0.507 e. The van der Waals surface area contributed by atoms with Gasteiger partial charge in [-0.3, -0.25) is 29.5 Å². The summed E-state index contributed by atoms with van der Waals surface area (Å²) in [6.45, 7) is 0.150. The number of phenols is 1. The number of ether oxygens (including phenoxy) is 3. The number of amides is 4. The lowest BCUT2D eigenvalue weighted by atomic mass is 9.49. The van der Waals surface area contributed by atoms with Crippen LogP contribution in [0.3, 0.4) is 0 Å². The van der Waals surface area contributed by atoms with Crippen LogP contribution < -0.4 is 19.6 Å². The van der Waals surface area contributed by atoms with Gasteiger partial charge in [0.1, 0.15) is 23.0 Å². The molecule has 1 aromatic heterocycles. The molecule has 0 radical (unpaired) electrons. The van der Waals surface area contributed by atoms with Gasteiger partial charge in [-0.15, -0.1) is 11.3 Å². The van der Waals surface area contributed by atoms with Crippen LogP contribution in [0.5, 0.6) is 23.0 Å². The summed E-state index contributed by atoms with van der Waals surface area (Å²) in [5.74, 6) is -5.15. The van der Waals surface area contributed by atoms with Crippen molar-refractivity contribution in [3.63, 3.8) is 0 Å². The van der Waals surface area contributed by atoms with Crippen LogP contribution in [0.1, 0.15) is 34.8 Å². The summed E-state index contributed by atoms with van der Waals surface area (Å²) in [6.07, 6.45) is 2.22. The van der Waals surface area contributed by atoms with E-state index in [0.717, 1.165) is 9.89 Å². The molecule has 2 saturated heterocycles. The molecule has 11 nitrogen and oxygen atoms in total. The molecule has 278 valence electrons. The summed E-state index contributed by atoms with van der Waals surface area (Å²) >= 11 is 14.2. The molecule has 4 aromatic rings. The van der Waals surface area contributed by atoms with Gasteiger partial charge in [0, 0.05) is 33.5 Å². The molecule has 54 heavy (non-hydrogen) atoms. The zero-order chi connectivity index (χ0) is 38.1. The van der Waals surface area contributed by atoms with Gasteiger partial charge in [0.25, 0.3) is 11.8 Å². The minimum absolute atomic E-state index is 0.0672. The average Bonchev–Trinajstić information content (AvgIpc) is 3.84. The Kier molecular flexibility index (Phi) is 9.10. The summed E-state index contributed by atoms with van der Waals surface area (Å²) < 4.78 is 16.9. The highest BCUT2D eigenvalue weighted by molar-refractivity contribution is 7.09. The van der Waals surface area contributed by atoms with Crippen molar-refractivity contribution in [2.75, 3.05) is 26.8 Å². The maximum atomic E-state index is 15.5. The molecule has 2 aliphatic carbocycles. The van der Waals surface area contributed by atoms with Gasteiger partial charge in [-0.1, -0.05) is 53.1 Å². The second-order valence-electron chi connectivity index (χ2n) is 13.8. The Balaban J connectivity index is 1.36.